The van der Waals surface area contributed by atoms with Crippen molar-refractivity contribution < 1.29 is 14.3 Å². The highest BCUT2D eigenvalue weighted by Crippen LogP contribution is 2.24. The van der Waals surface area contributed by atoms with E-state index < -0.39 is 0 Å². The minimum atomic E-state index is -0.354. The highest BCUT2D eigenvalue weighted by atomic mass is 35.5. The van der Waals surface area contributed by atoms with Gasteiger partial charge in [0.05, 0.1) is 17.2 Å². The number of nitrogens with zero attached hydrogens (tertiary/aromatic N) is 2. The first kappa shape index (κ1) is 21.0. The van der Waals surface area contributed by atoms with E-state index in [0.29, 0.717) is 21.9 Å². The summed E-state index contributed by atoms with van der Waals surface area (Å²) in [6.07, 6.45) is 0. The Morgan fingerprint density at radius 1 is 0.897 bits per heavy atom. The molecular weight excluding hydrogens is 411 g/mol. The number of aryl methyl sites for hydroxylation is 2. The fraction of sp³-hybridized carbons (Fsp3) is 0.182. The lowest BCUT2D eigenvalue weighted by atomic mass is 10.1. The van der Waals surface area contributed by atoms with E-state index in [4.69, 9.17) is 27.9 Å². The number of ether oxygens (including phenoxy) is 1. The second-order valence-corrected chi connectivity index (χ2v) is 7.39. The van der Waals surface area contributed by atoms with Gasteiger partial charge in [-0.25, -0.2) is 5.01 Å². The maximum Gasteiger partial charge on any atom is 0.273 e. The molecule has 0 radical (unpaired) electrons. The molecule has 0 saturated heterocycles. The van der Waals surface area contributed by atoms with Gasteiger partial charge in [-0.15, -0.1) is 0 Å². The van der Waals surface area contributed by atoms with Crippen LogP contribution in [0.15, 0.2) is 54.6 Å². The van der Waals surface area contributed by atoms with Gasteiger partial charge in [0.15, 0.2) is 5.78 Å². The molecular formula is C22H20Cl2N2O3. The highest BCUT2D eigenvalue weighted by Gasteiger charge is 2.24. The minimum absolute atomic E-state index is 0.137. The first-order chi connectivity index (χ1) is 13.8. The highest BCUT2D eigenvalue weighted by molar-refractivity contribution is 6.42. The van der Waals surface area contributed by atoms with Gasteiger partial charge in [-0.05, 0) is 68.4 Å². The van der Waals surface area contributed by atoms with Gasteiger partial charge in [0.25, 0.3) is 5.91 Å². The quantitative estimate of drug-likeness (QED) is 0.512. The summed E-state index contributed by atoms with van der Waals surface area (Å²) >= 11 is 12.1. The van der Waals surface area contributed by atoms with Crippen molar-refractivity contribution in [1.29, 1.82) is 0 Å². The molecule has 0 unspecified atom stereocenters. The maximum atomic E-state index is 13.3. The third kappa shape index (κ3) is 4.47. The SMILES string of the molecule is COc1ccc(C(=O)CN(C(=O)c2ccc(Cl)c(Cl)c2)n2c(C)ccc2C)cc1. The van der Waals surface area contributed by atoms with E-state index in [-0.39, 0.29) is 23.3 Å². The van der Waals surface area contributed by atoms with Crippen LogP contribution in [0.2, 0.25) is 10.0 Å². The van der Waals surface area contributed by atoms with E-state index in [2.05, 4.69) is 0 Å². The van der Waals surface area contributed by atoms with Crippen LogP contribution in [0.3, 0.4) is 0 Å². The summed E-state index contributed by atoms with van der Waals surface area (Å²) in [6.45, 7) is 3.61. The number of benzene rings is 2. The fourth-order valence-electron chi connectivity index (χ4n) is 3.06. The Balaban J connectivity index is 1.97. The number of rotatable bonds is 6. The normalized spacial score (nSPS) is 10.7. The monoisotopic (exact) mass is 430 g/mol. The Kier molecular flexibility index (Phi) is 6.30. The Morgan fingerprint density at radius 3 is 2.03 bits per heavy atom. The third-order valence-corrected chi connectivity index (χ3v) is 5.32. The summed E-state index contributed by atoms with van der Waals surface area (Å²) in [7, 11) is 1.56. The van der Waals surface area contributed by atoms with Crippen molar-refractivity contribution in [2.75, 3.05) is 18.7 Å². The lowest BCUT2D eigenvalue weighted by Crippen LogP contribution is -2.45. The standard InChI is InChI=1S/C22H20Cl2N2O3/c1-14-4-5-15(2)26(14)25(22(28)17-8-11-19(23)20(24)12-17)13-21(27)16-6-9-18(29-3)10-7-16/h4-12H,13H2,1-3H3. The van der Waals surface area contributed by atoms with Crippen LogP contribution in [0.4, 0.5) is 0 Å². The zero-order valence-electron chi connectivity index (χ0n) is 16.3. The van der Waals surface area contributed by atoms with E-state index in [1.54, 1.807) is 48.2 Å². The predicted octanol–water partition coefficient (Wildman–Crippen LogP) is 5.08. The zero-order chi connectivity index (χ0) is 21.1. The van der Waals surface area contributed by atoms with Crippen LogP contribution in [-0.4, -0.2) is 30.0 Å². The molecule has 29 heavy (non-hydrogen) atoms. The molecule has 3 rings (SSSR count). The van der Waals surface area contributed by atoms with Crippen LogP contribution in [0.5, 0.6) is 5.75 Å². The van der Waals surface area contributed by atoms with Crippen LogP contribution >= 0.6 is 23.2 Å². The lowest BCUT2D eigenvalue weighted by Gasteiger charge is -2.27. The van der Waals surface area contributed by atoms with Crippen molar-refractivity contribution in [3.05, 3.63) is 87.2 Å². The predicted molar refractivity (Wildman–Crippen MR) is 115 cm³/mol. The number of hydrogen-bond acceptors (Lipinski definition) is 3. The molecule has 7 heteroatoms. The van der Waals surface area contributed by atoms with Gasteiger partial charge in [0.2, 0.25) is 0 Å². The Labute approximate surface area is 179 Å². The fourth-order valence-corrected chi connectivity index (χ4v) is 3.36. The molecule has 1 aromatic heterocycles. The number of Topliss-reactive ketones (excluding diaryl/α,β-unsaturated/α-hetero) is 1. The number of ketones is 1. The molecule has 5 nitrogen and oxygen atoms in total. The van der Waals surface area contributed by atoms with Gasteiger partial charge in [-0.2, -0.15) is 0 Å². The van der Waals surface area contributed by atoms with Crippen molar-refractivity contribution >= 4 is 34.9 Å². The number of amides is 1. The largest absolute Gasteiger partial charge is 0.497 e. The van der Waals surface area contributed by atoms with Crippen LogP contribution in [0, 0.1) is 13.8 Å². The molecule has 0 spiro atoms. The molecule has 3 aromatic rings. The summed E-state index contributed by atoms with van der Waals surface area (Å²) < 4.78 is 6.86. The maximum absolute atomic E-state index is 13.3. The van der Waals surface area contributed by atoms with Gasteiger partial charge in [0.1, 0.15) is 12.3 Å². The van der Waals surface area contributed by atoms with Gasteiger partial charge in [0, 0.05) is 22.5 Å². The third-order valence-electron chi connectivity index (χ3n) is 4.58. The van der Waals surface area contributed by atoms with E-state index in [1.807, 2.05) is 26.0 Å². The van der Waals surface area contributed by atoms with Gasteiger partial charge in [-0.3, -0.25) is 14.3 Å². The first-order valence-corrected chi connectivity index (χ1v) is 9.67. The summed E-state index contributed by atoms with van der Waals surface area (Å²) in [6, 6.07) is 15.2. The van der Waals surface area contributed by atoms with Crippen molar-refractivity contribution in [2.45, 2.75) is 13.8 Å². The minimum Gasteiger partial charge on any atom is -0.497 e. The van der Waals surface area contributed by atoms with Crippen molar-refractivity contribution in [2.24, 2.45) is 0 Å². The number of methoxy groups -OCH3 is 1. The Hall–Kier alpha value is -2.76. The van der Waals surface area contributed by atoms with Gasteiger partial charge in [-0.1, -0.05) is 23.2 Å². The van der Waals surface area contributed by atoms with Gasteiger partial charge < -0.3 is 4.74 Å². The summed E-state index contributed by atoms with van der Waals surface area (Å²) in [5, 5.41) is 2.05. The number of aromatic nitrogens is 1. The molecule has 150 valence electrons. The van der Waals surface area contributed by atoms with Crippen LogP contribution < -0.4 is 9.75 Å². The second-order valence-electron chi connectivity index (χ2n) is 6.57. The number of hydrogen-bond donors (Lipinski definition) is 0. The van der Waals surface area contributed by atoms with E-state index in [0.717, 1.165) is 11.4 Å². The molecule has 0 aliphatic heterocycles. The molecule has 0 saturated carbocycles. The first-order valence-electron chi connectivity index (χ1n) is 8.91. The molecule has 1 amide bonds. The smallest absolute Gasteiger partial charge is 0.273 e. The zero-order valence-corrected chi connectivity index (χ0v) is 17.8. The molecule has 0 N–H and O–H groups in total. The number of carbonyl (C=O) groups is 2. The van der Waals surface area contributed by atoms with Gasteiger partial charge >= 0.3 is 0 Å². The molecule has 0 aliphatic carbocycles. The Morgan fingerprint density at radius 2 is 1.48 bits per heavy atom. The topological polar surface area (TPSA) is 51.5 Å². The van der Waals surface area contributed by atoms with Crippen LogP contribution in [0.25, 0.3) is 0 Å². The Bertz CT molecular complexity index is 1040. The number of halogens is 2. The van der Waals surface area contributed by atoms with Crippen LogP contribution in [0.1, 0.15) is 32.1 Å². The van der Waals surface area contributed by atoms with Crippen molar-refractivity contribution in [1.82, 2.24) is 4.68 Å². The number of carbonyl (C=O) groups excluding carboxylic acids is 2. The van der Waals surface area contributed by atoms with E-state index in [1.165, 1.54) is 11.1 Å². The second kappa shape index (κ2) is 8.72. The molecule has 0 aliphatic rings. The van der Waals surface area contributed by atoms with E-state index >= 15 is 0 Å². The van der Waals surface area contributed by atoms with Crippen molar-refractivity contribution in [3.63, 3.8) is 0 Å². The molecule has 0 fully saturated rings. The molecule has 0 bridgehead atoms. The molecule has 2 aromatic carbocycles. The molecule has 1 heterocycles. The molecule has 0 atom stereocenters. The summed E-state index contributed by atoms with van der Waals surface area (Å²) in [5.74, 6) is 0.101. The summed E-state index contributed by atoms with van der Waals surface area (Å²) in [4.78, 5) is 26.2. The van der Waals surface area contributed by atoms with Crippen LogP contribution in [-0.2, 0) is 0 Å². The van der Waals surface area contributed by atoms with E-state index in [9.17, 15) is 9.59 Å². The lowest BCUT2D eigenvalue weighted by molar-refractivity contribution is 0.0908. The average molecular weight is 431 g/mol. The van der Waals surface area contributed by atoms with Crippen molar-refractivity contribution in [3.8, 4) is 5.75 Å². The summed E-state index contributed by atoms with van der Waals surface area (Å²) in [5.41, 5.74) is 2.49. The average Bonchev–Trinajstić information content (AvgIpc) is 3.05.